The van der Waals surface area contributed by atoms with Crippen molar-refractivity contribution < 1.29 is 4.79 Å². The third kappa shape index (κ3) is 5.50. The van der Waals surface area contributed by atoms with Crippen molar-refractivity contribution >= 4 is 39.7 Å². The van der Waals surface area contributed by atoms with Gasteiger partial charge in [0.05, 0.1) is 0 Å². The van der Waals surface area contributed by atoms with Gasteiger partial charge in [-0.05, 0) is 44.7 Å². The van der Waals surface area contributed by atoms with E-state index in [9.17, 15) is 9.59 Å². The molecule has 2 fully saturated rings. The predicted octanol–water partition coefficient (Wildman–Crippen LogP) is 2.41. The van der Waals surface area contributed by atoms with Gasteiger partial charge in [0.1, 0.15) is 5.69 Å². The number of hydrogen-bond acceptors (Lipinski definition) is 7. The Morgan fingerprint density at radius 3 is 2.57 bits per heavy atom. The highest BCUT2D eigenvalue weighted by atomic mass is 35.5. The lowest BCUT2D eigenvalue weighted by atomic mass is 10.00. The lowest BCUT2D eigenvalue weighted by Crippen LogP contribution is -2.36. The number of likely N-dealkylation sites (tertiary alicyclic amines) is 1. The van der Waals surface area contributed by atoms with Gasteiger partial charge < -0.3 is 15.1 Å². The van der Waals surface area contributed by atoms with E-state index in [2.05, 4.69) is 32.1 Å². The molecule has 2 aliphatic rings. The van der Waals surface area contributed by atoms with Gasteiger partial charge in [-0.1, -0.05) is 31.1 Å². The molecule has 2 saturated heterocycles. The fourth-order valence-electron chi connectivity index (χ4n) is 4.07. The Bertz CT molecular complexity index is 900. The standard InChI is InChI=1S/C20H30N6O2S.ClH/c1-15-6-11-25(12-7-15)20-23-26-16(14-17(27)22-19(26)29-20)18(28)21-8-13-24-9-4-2-3-5-10-24;/h14-15H,2-13H2,1H3,(H,21,28);1H. The summed E-state index contributed by atoms with van der Waals surface area (Å²) in [6, 6.07) is 1.29. The van der Waals surface area contributed by atoms with Gasteiger partial charge in [-0.25, -0.2) is 0 Å². The van der Waals surface area contributed by atoms with Gasteiger partial charge in [0, 0.05) is 32.2 Å². The molecule has 4 rings (SSSR count). The first-order valence-electron chi connectivity index (χ1n) is 10.8. The van der Waals surface area contributed by atoms with E-state index in [0.717, 1.165) is 56.6 Å². The largest absolute Gasteiger partial charge is 0.349 e. The Morgan fingerprint density at radius 1 is 1.17 bits per heavy atom. The van der Waals surface area contributed by atoms with E-state index in [4.69, 9.17) is 0 Å². The molecule has 1 amide bonds. The van der Waals surface area contributed by atoms with Crippen molar-refractivity contribution in [3.8, 4) is 0 Å². The van der Waals surface area contributed by atoms with E-state index in [0.29, 0.717) is 11.5 Å². The minimum atomic E-state index is -0.398. The van der Waals surface area contributed by atoms with Crippen LogP contribution in [0.1, 0.15) is 55.9 Å². The number of nitrogens with one attached hydrogen (secondary N) is 1. The normalized spacial score (nSPS) is 18.8. The first-order valence-corrected chi connectivity index (χ1v) is 11.6. The van der Waals surface area contributed by atoms with Crippen LogP contribution in [-0.4, -0.2) is 64.7 Å². The van der Waals surface area contributed by atoms with Crippen LogP contribution in [0.5, 0.6) is 0 Å². The van der Waals surface area contributed by atoms with Gasteiger partial charge in [0.2, 0.25) is 10.1 Å². The zero-order chi connectivity index (χ0) is 20.2. The van der Waals surface area contributed by atoms with Crippen LogP contribution in [0.2, 0.25) is 0 Å². The van der Waals surface area contributed by atoms with Crippen LogP contribution in [0, 0.1) is 5.92 Å². The number of carbonyl (C=O) groups excluding carboxylic acids is 1. The Hall–Kier alpha value is -1.71. The highest BCUT2D eigenvalue weighted by Gasteiger charge is 2.22. The molecule has 10 heteroatoms. The smallest absolute Gasteiger partial charge is 0.274 e. The second kappa shape index (κ2) is 10.5. The zero-order valence-corrected chi connectivity index (χ0v) is 19.1. The molecule has 166 valence electrons. The Labute approximate surface area is 187 Å². The van der Waals surface area contributed by atoms with Crippen molar-refractivity contribution in [3.63, 3.8) is 0 Å². The Morgan fingerprint density at radius 2 is 1.87 bits per heavy atom. The number of hydrogen-bond donors (Lipinski definition) is 1. The molecule has 30 heavy (non-hydrogen) atoms. The molecular weight excluding hydrogens is 424 g/mol. The molecule has 8 nitrogen and oxygen atoms in total. The summed E-state index contributed by atoms with van der Waals surface area (Å²) in [5, 5.41) is 8.41. The average Bonchev–Trinajstić information content (AvgIpc) is 2.95. The summed E-state index contributed by atoms with van der Waals surface area (Å²) < 4.78 is 1.53. The molecule has 0 saturated carbocycles. The van der Waals surface area contributed by atoms with Crippen molar-refractivity contribution in [3.05, 3.63) is 22.1 Å². The Balaban J connectivity index is 0.00000256. The molecule has 2 aliphatic heterocycles. The number of anilines is 1. The first kappa shape index (κ1) is 23.0. The van der Waals surface area contributed by atoms with Crippen molar-refractivity contribution in [2.24, 2.45) is 5.92 Å². The number of amides is 1. The van der Waals surface area contributed by atoms with E-state index in [-0.39, 0.29) is 24.0 Å². The van der Waals surface area contributed by atoms with Crippen molar-refractivity contribution in [1.29, 1.82) is 0 Å². The molecule has 2 aromatic heterocycles. The number of rotatable bonds is 5. The fraction of sp³-hybridized carbons (Fsp3) is 0.700. The zero-order valence-electron chi connectivity index (χ0n) is 17.5. The fourth-order valence-corrected chi connectivity index (χ4v) is 5.03. The van der Waals surface area contributed by atoms with Crippen molar-refractivity contribution in [1.82, 2.24) is 24.8 Å². The monoisotopic (exact) mass is 454 g/mol. The van der Waals surface area contributed by atoms with E-state index >= 15 is 0 Å². The van der Waals surface area contributed by atoms with Crippen molar-refractivity contribution in [2.75, 3.05) is 44.2 Å². The van der Waals surface area contributed by atoms with Gasteiger partial charge in [-0.2, -0.15) is 9.50 Å². The number of aromatic nitrogens is 3. The predicted molar refractivity (Wildman–Crippen MR) is 122 cm³/mol. The first-order chi connectivity index (χ1) is 14.1. The highest BCUT2D eigenvalue weighted by Crippen LogP contribution is 2.27. The van der Waals surface area contributed by atoms with Crippen LogP contribution in [0.15, 0.2) is 10.9 Å². The molecule has 2 aromatic rings. The van der Waals surface area contributed by atoms with Crippen LogP contribution >= 0.6 is 23.7 Å². The molecule has 0 atom stereocenters. The topological polar surface area (TPSA) is 82.8 Å². The summed E-state index contributed by atoms with van der Waals surface area (Å²) in [6.07, 6.45) is 7.30. The maximum atomic E-state index is 12.8. The highest BCUT2D eigenvalue weighted by molar-refractivity contribution is 7.20. The van der Waals surface area contributed by atoms with E-state index in [1.165, 1.54) is 47.6 Å². The van der Waals surface area contributed by atoms with Crippen LogP contribution < -0.4 is 15.8 Å². The molecule has 0 aromatic carbocycles. The number of halogens is 1. The molecule has 0 spiro atoms. The molecule has 1 N–H and O–H groups in total. The van der Waals surface area contributed by atoms with E-state index < -0.39 is 5.56 Å². The van der Waals surface area contributed by atoms with Crippen LogP contribution in [0.25, 0.3) is 4.96 Å². The van der Waals surface area contributed by atoms with Crippen LogP contribution in [0.4, 0.5) is 5.13 Å². The lowest BCUT2D eigenvalue weighted by molar-refractivity contribution is 0.0941. The van der Waals surface area contributed by atoms with E-state index in [1.54, 1.807) is 0 Å². The maximum absolute atomic E-state index is 12.8. The minimum Gasteiger partial charge on any atom is -0.349 e. The average molecular weight is 455 g/mol. The summed E-state index contributed by atoms with van der Waals surface area (Å²) >= 11 is 1.38. The molecular formula is C20H31ClN6O2S. The summed E-state index contributed by atoms with van der Waals surface area (Å²) in [5.41, 5.74) is -0.131. The van der Waals surface area contributed by atoms with Gasteiger partial charge in [0.25, 0.3) is 11.5 Å². The van der Waals surface area contributed by atoms with E-state index in [1.807, 2.05) is 0 Å². The molecule has 0 bridgehead atoms. The van der Waals surface area contributed by atoms with Gasteiger partial charge in [-0.3, -0.25) is 9.59 Å². The number of fused-ring (bicyclic) bond motifs is 1. The van der Waals surface area contributed by atoms with Crippen LogP contribution in [0.3, 0.4) is 0 Å². The molecule has 0 unspecified atom stereocenters. The number of piperidine rings is 1. The lowest BCUT2D eigenvalue weighted by Gasteiger charge is -2.29. The van der Waals surface area contributed by atoms with Gasteiger partial charge in [0.15, 0.2) is 0 Å². The summed E-state index contributed by atoms with van der Waals surface area (Å²) in [7, 11) is 0. The number of carbonyl (C=O) groups is 1. The summed E-state index contributed by atoms with van der Waals surface area (Å²) in [4.78, 5) is 34.0. The van der Waals surface area contributed by atoms with Crippen LogP contribution in [-0.2, 0) is 0 Å². The van der Waals surface area contributed by atoms with Gasteiger partial charge in [-0.15, -0.1) is 17.5 Å². The van der Waals surface area contributed by atoms with Crippen molar-refractivity contribution in [2.45, 2.75) is 45.4 Å². The quantitative estimate of drug-likeness (QED) is 0.747. The summed E-state index contributed by atoms with van der Waals surface area (Å²) in [6.45, 7) is 7.76. The Kier molecular flexibility index (Phi) is 8.07. The van der Waals surface area contributed by atoms with Gasteiger partial charge >= 0.3 is 0 Å². The second-order valence-corrected chi connectivity index (χ2v) is 9.17. The SMILES string of the molecule is CC1CCN(c2nn3c(C(=O)NCCN4CCCCCC4)cc(=O)nc3s2)CC1.Cl. The number of nitrogens with zero attached hydrogens (tertiary/aromatic N) is 5. The molecule has 4 heterocycles. The summed E-state index contributed by atoms with van der Waals surface area (Å²) in [5.74, 6) is 0.462. The minimum absolute atomic E-state index is 0. The second-order valence-electron chi connectivity index (χ2n) is 8.24. The molecule has 0 aliphatic carbocycles. The molecule has 0 radical (unpaired) electrons. The third-order valence-electron chi connectivity index (χ3n) is 5.94. The third-order valence-corrected chi connectivity index (χ3v) is 6.91. The maximum Gasteiger partial charge on any atom is 0.274 e.